The highest BCUT2D eigenvalue weighted by Crippen LogP contribution is 2.38. The van der Waals surface area contributed by atoms with Gasteiger partial charge in [0.15, 0.2) is 0 Å². The molecule has 34 heavy (non-hydrogen) atoms. The van der Waals surface area contributed by atoms with Crippen molar-refractivity contribution >= 4 is 27.8 Å². The van der Waals surface area contributed by atoms with Crippen molar-refractivity contribution in [1.29, 1.82) is 0 Å². The van der Waals surface area contributed by atoms with E-state index in [9.17, 15) is 18.0 Å². The highest BCUT2D eigenvalue weighted by molar-refractivity contribution is 7.92. The molecular weight excluding hydrogens is 456 g/mol. The zero-order valence-electron chi connectivity index (χ0n) is 19.9. The molecule has 1 atom stereocenters. The smallest absolute Gasteiger partial charge is 0.407 e. The average molecular weight is 491 g/mol. The van der Waals surface area contributed by atoms with Gasteiger partial charge in [-0.05, 0) is 87.1 Å². The molecule has 0 radical (unpaired) electrons. The topological polar surface area (TPSA) is 119 Å². The Kier molecular flexibility index (Phi) is 6.91. The molecule has 186 valence electrons. The molecule has 3 N–H and O–H groups in total. The number of anilines is 1. The van der Waals surface area contributed by atoms with E-state index in [1.165, 1.54) is 23.1 Å². The van der Waals surface area contributed by atoms with E-state index < -0.39 is 27.7 Å². The largest absolute Gasteiger partial charge is 0.465 e. The molecule has 3 aliphatic rings. The molecule has 1 saturated heterocycles. The van der Waals surface area contributed by atoms with E-state index in [1.54, 1.807) is 6.08 Å². The summed E-state index contributed by atoms with van der Waals surface area (Å²) in [5.74, 6) is 0. The third-order valence-electron chi connectivity index (χ3n) is 7.42. The Balaban J connectivity index is 1.42. The normalized spacial score (nSPS) is 22.1. The predicted octanol–water partition coefficient (Wildman–Crippen LogP) is 3.09. The summed E-state index contributed by atoms with van der Waals surface area (Å²) in [6.45, 7) is 3.52. The number of carbonyl (C=O) groups excluding carboxylic acids is 1. The number of fused-ring (bicyclic) bond motifs is 2. The van der Waals surface area contributed by atoms with E-state index >= 15 is 0 Å². The molecule has 3 amide bonds. The Morgan fingerprint density at radius 3 is 2.41 bits per heavy atom. The Morgan fingerprint density at radius 2 is 1.79 bits per heavy atom. The molecule has 0 unspecified atom stereocenters. The van der Waals surface area contributed by atoms with Crippen LogP contribution in [0, 0.1) is 0 Å². The van der Waals surface area contributed by atoms with Crippen LogP contribution in [-0.4, -0.2) is 67.7 Å². The van der Waals surface area contributed by atoms with E-state index in [0.29, 0.717) is 13.1 Å². The van der Waals surface area contributed by atoms with Crippen LogP contribution in [0.5, 0.6) is 0 Å². The van der Waals surface area contributed by atoms with Crippen LogP contribution in [0.1, 0.15) is 54.9 Å². The van der Waals surface area contributed by atoms with Crippen LogP contribution < -0.4 is 10.0 Å². The van der Waals surface area contributed by atoms with Crippen LogP contribution in [0.25, 0.3) is 0 Å². The molecule has 9 nitrogen and oxygen atoms in total. The van der Waals surface area contributed by atoms with E-state index in [4.69, 9.17) is 5.11 Å². The third-order valence-corrected chi connectivity index (χ3v) is 8.38. The van der Waals surface area contributed by atoms with Gasteiger partial charge in [-0.2, -0.15) is 0 Å². The molecule has 2 aliphatic carbocycles. The maximum Gasteiger partial charge on any atom is 0.407 e. The number of benzene rings is 1. The molecule has 0 aromatic heterocycles. The lowest BCUT2D eigenvalue weighted by Gasteiger charge is -2.33. The first kappa shape index (κ1) is 24.5. The minimum absolute atomic E-state index is 0.331. The number of hydrogen-bond donors (Lipinski definition) is 3. The fourth-order valence-corrected chi connectivity index (χ4v) is 6.32. The summed E-state index contributed by atoms with van der Waals surface area (Å²) in [5, 5.41) is 13.0. The Morgan fingerprint density at radius 1 is 1.15 bits per heavy atom. The predicted molar refractivity (Wildman–Crippen MR) is 131 cm³/mol. The number of hydrogen-bond acceptors (Lipinski definition) is 5. The molecule has 10 heteroatoms. The fraction of sp³-hybridized carbons (Fsp3) is 0.583. The second-order valence-corrected chi connectivity index (χ2v) is 11.4. The summed E-state index contributed by atoms with van der Waals surface area (Å²) in [6.07, 6.45) is 8.14. The van der Waals surface area contributed by atoms with E-state index in [0.717, 1.165) is 80.1 Å². The fourth-order valence-electron chi connectivity index (χ4n) is 5.47. The van der Waals surface area contributed by atoms with Crippen LogP contribution in [-0.2, 0) is 35.7 Å². The van der Waals surface area contributed by atoms with Crippen molar-refractivity contribution in [3.63, 3.8) is 0 Å². The number of rotatable bonds is 7. The van der Waals surface area contributed by atoms with Gasteiger partial charge in [-0.15, -0.1) is 0 Å². The number of likely N-dealkylation sites (N-methyl/N-ethyl adjacent to an activating group) is 1. The molecule has 1 heterocycles. The first-order valence-corrected chi connectivity index (χ1v) is 13.5. The summed E-state index contributed by atoms with van der Waals surface area (Å²) in [5.41, 5.74) is 5.10. The lowest BCUT2D eigenvalue weighted by atomic mass is 9.99. The molecule has 1 aromatic carbocycles. The zero-order chi connectivity index (χ0) is 24.5. The van der Waals surface area contributed by atoms with E-state index in [1.807, 2.05) is 6.92 Å². The SMILES string of the molecule is CN(CCN1CCC[C@@]1(C)/C=C/S(=O)(=O)NC(=O)Nc1c2c(cc3c1CCC3)CCC2)C(=O)O. The van der Waals surface area contributed by atoms with Crippen molar-refractivity contribution in [2.45, 2.75) is 63.8 Å². The molecule has 4 rings (SSSR count). The molecule has 0 saturated carbocycles. The van der Waals surface area contributed by atoms with Gasteiger partial charge in [0, 0.05) is 36.8 Å². The minimum atomic E-state index is -4.00. The number of nitrogens with one attached hydrogen (secondary N) is 2. The van der Waals surface area contributed by atoms with Gasteiger partial charge in [-0.1, -0.05) is 12.1 Å². The number of likely N-dealkylation sites (tertiary alicyclic amines) is 1. The van der Waals surface area contributed by atoms with Crippen molar-refractivity contribution in [2.75, 3.05) is 32.0 Å². The number of nitrogens with zero attached hydrogens (tertiary/aromatic N) is 2. The van der Waals surface area contributed by atoms with Crippen LogP contribution in [0.15, 0.2) is 17.6 Å². The summed E-state index contributed by atoms with van der Waals surface area (Å²) in [7, 11) is -2.49. The summed E-state index contributed by atoms with van der Waals surface area (Å²) >= 11 is 0. The maximum atomic E-state index is 12.7. The van der Waals surface area contributed by atoms with Crippen molar-refractivity contribution in [1.82, 2.24) is 14.5 Å². The van der Waals surface area contributed by atoms with Gasteiger partial charge in [-0.25, -0.2) is 22.7 Å². The van der Waals surface area contributed by atoms with Gasteiger partial charge in [0.25, 0.3) is 10.0 Å². The molecule has 0 bridgehead atoms. The highest BCUT2D eigenvalue weighted by atomic mass is 32.2. The van der Waals surface area contributed by atoms with Crippen LogP contribution >= 0.6 is 0 Å². The molecule has 0 spiro atoms. The van der Waals surface area contributed by atoms with Gasteiger partial charge in [0.1, 0.15) is 0 Å². The van der Waals surface area contributed by atoms with Crippen LogP contribution in [0.2, 0.25) is 0 Å². The van der Waals surface area contributed by atoms with Gasteiger partial charge >= 0.3 is 12.1 Å². The van der Waals surface area contributed by atoms with Crippen molar-refractivity contribution in [2.24, 2.45) is 0 Å². The van der Waals surface area contributed by atoms with E-state index in [-0.39, 0.29) is 0 Å². The molecular formula is C24H34N4O5S. The lowest BCUT2D eigenvalue weighted by molar-refractivity contribution is 0.138. The molecule has 1 aliphatic heterocycles. The second-order valence-electron chi connectivity index (χ2n) is 9.79. The van der Waals surface area contributed by atoms with Gasteiger partial charge in [0.05, 0.1) is 0 Å². The van der Waals surface area contributed by atoms with Gasteiger partial charge < -0.3 is 15.3 Å². The first-order valence-electron chi connectivity index (χ1n) is 12.0. The van der Waals surface area contributed by atoms with E-state index in [2.05, 4.69) is 21.0 Å². The Bertz CT molecular complexity index is 1080. The Hall–Kier alpha value is -2.59. The van der Waals surface area contributed by atoms with Gasteiger partial charge in [0.2, 0.25) is 0 Å². The number of sulfonamides is 1. The molecule has 1 aromatic rings. The minimum Gasteiger partial charge on any atom is -0.465 e. The maximum absolute atomic E-state index is 12.7. The third kappa shape index (κ3) is 5.22. The van der Waals surface area contributed by atoms with Crippen LogP contribution in [0.3, 0.4) is 0 Å². The Labute approximate surface area is 201 Å². The monoisotopic (exact) mass is 490 g/mol. The second kappa shape index (κ2) is 9.58. The van der Waals surface area contributed by atoms with Gasteiger partial charge in [-0.3, -0.25) is 4.90 Å². The van der Waals surface area contributed by atoms with Crippen molar-refractivity contribution in [3.8, 4) is 0 Å². The lowest BCUT2D eigenvalue weighted by Crippen LogP contribution is -2.44. The average Bonchev–Trinajstić information content (AvgIpc) is 3.50. The zero-order valence-corrected chi connectivity index (χ0v) is 20.7. The molecule has 1 fully saturated rings. The summed E-state index contributed by atoms with van der Waals surface area (Å²) in [4.78, 5) is 27.0. The quantitative estimate of drug-likeness (QED) is 0.540. The summed E-state index contributed by atoms with van der Waals surface area (Å²) in [6, 6.07) is 1.52. The van der Waals surface area contributed by atoms with Crippen LogP contribution in [0.4, 0.5) is 15.3 Å². The number of carboxylic acid groups (broad SMARTS) is 1. The number of amides is 3. The number of carbonyl (C=O) groups is 2. The highest BCUT2D eigenvalue weighted by Gasteiger charge is 2.35. The van der Waals surface area contributed by atoms with Crippen molar-refractivity contribution in [3.05, 3.63) is 39.8 Å². The number of aryl methyl sites for hydroxylation is 2. The van der Waals surface area contributed by atoms with Crippen molar-refractivity contribution < 1.29 is 23.1 Å². The standard InChI is InChI=1S/C24H34N4O5S/c1-24(10-5-12-28(24)14-13-27(2)23(30)31)11-15-34(32,33)26-22(29)25-21-19-8-3-6-17(19)16-18-7-4-9-20(18)21/h11,15-16H,3-10,12-14H2,1-2H3,(H,30,31)(H2,25,26,29)/b15-11+/t24-/m0/s1. The number of urea groups is 1. The summed E-state index contributed by atoms with van der Waals surface area (Å²) < 4.78 is 27.5. The first-order chi connectivity index (χ1) is 16.1.